The Labute approximate surface area is 125 Å². The summed E-state index contributed by atoms with van der Waals surface area (Å²) >= 11 is 5.24. The normalized spacial score (nSPS) is 27.1. The van der Waals surface area contributed by atoms with E-state index < -0.39 is 11.6 Å². The number of nitrogens with one attached hydrogen (secondary N) is 1. The standard InChI is InChI=1S/C14H24N2O3S/c15-13(20)14(6-4-2-1-3-5-7-14)16-12(17)11-10-18-8-9-19-11/h11H,1-10H2,(H2,15,20)(H,16,17). The summed E-state index contributed by atoms with van der Waals surface area (Å²) in [5.74, 6) is -0.155. The van der Waals surface area contributed by atoms with Gasteiger partial charge in [0.1, 0.15) is 0 Å². The lowest BCUT2D eigenvalue weighted by atomic mass is 9.83. The maximum atomic E-state index is 12.3. The monoisotopic (exact) mass is 300 g/mol. The number of ether oxygens (including phenoxy) is 2. The highest BCUT2D eigenvalue weighted by atomic mass is 32.1. The largest absolute Gasteiger partial charge is 0.391 e. The Morgan fingerprint density at radius 2 is 1.80 bits per heavy atom. The van der Waals surface area contributed by atoms with Crippen molar-refractivity contribution in [2.45, 2.75) is 56.6 Å². The molecule has 0 aromatic carbocycles. The van der Waals surface area contributed by atoms with Crippen molar-refractivity contribution < 1.29 is 14.3 Å². The topological polar surface area (TPSA) is 73.6 Å². The van der Waals surface area contributed by atoms with Crippen LogP contribution in [-0.4, -0.2) is 42.4 Å². The molecule has 2 rings (SSSR count). The lowest BCUT2D eigenvalue weighted by Gasteiger charge is -2.37. The van der Waals surface area contributed by atoms with Gasteiger partial charge in [0, 0.05) is 0 Å². The molecule has 0 spiro atoms. The zero-order valence-electron chi connectivity index (χ0n) is 11.9. The van der Waals surface area contributed by atoms with Crippen molar-refractivity contribution in [1.29, 1.82) is 0 Å². The van der Waals surface area contributed by atoms with E-state index in [9.17, 15) is 4.79 Å². The molecule has 0 aromatic rings. The second-order valence-corrected chi connectivity index (χ2v) is 6.08. The van der Waals surface area contributed by atoms with Crippen molar-refractivity contribution >= 4 is 23.1 Å². The fourth-order valence-corrected chi connectivity index (χ4v) is 3.15. The van der Waals surface area contributed by atoms with E-state index >= 15 is 0 Å². The fraction of sp³-hybridized carbons (Fsp3) is 0.857. The van der Waals surface area contributed by atoms with Crippen molar-refractivity contribution in [3.05, 3.63) is 0 Å². The minimum Gasteiger partial charge on any atom is -0.391 e. The summed E-state index contributed by atoms with van der Waals surface area (Å²) in [5.41, 5.74) is 5.40. The van der Waals surface area contributed by atoms with Gasteiger partial charge in [-0.2, -0.15) is 0 Å². The molecule has 1 heterocycles. The molecule has 2 aliphatic rings. The third-order valence-corrected chi connectivity index (χ3v) is 4.54. The SMILES string of the molecule is NC(=S)C1(NC(=O)C2COCCO2)CCCCCCC1. The Balaban J connectivity index is 2.02. The Morgan fingerprint density at radius 1 is 1.15 bits per heavy atom. The molecule has 114 valence electrons. The second-order valence-electron chi connectivity index (χ2n) is 5.64. The van der Waals surface area contributed by atoms with Crippen molar-refractivity contribution in [3.8, 4) is 0 Å². The molecule has 0 radical (unpaired) electrons. The van der Waals surface area contributed by atoms with Gasteiger partial charge in [0.15, 0.2) is 6.10 Å². The molecule has 20 heavy (non-hydrogen) atoms. The Morgan fingerprint density at radius 3 is 2.35 bits per heavy atom. The predicted molar refractivity (Wildman–Crippen MR) is 80.5 cm³/mol. The Hall–Kier alpha value is -0.720. The summed E-state index contributed by atoms with van der Waals surface area (Å²) in [5, 5.41) is 3.06. The minimum atomic E-state index is -0.548. The molecule has 1 amide bonds. The fourth-order valence-electron chi connectivity index (χ4n) is 2.90. The van der Waals surface area contributed by atoms with Gasteiger partial charge in [0.2, 0.25) is 0 Å². The lowest BCUT2D eigenvalue weighted by Crippen LogP contribution is -2.60. The quantitative estimate of drug-likeness (QED) is 0.768. The van der Waals surface area contributed by atoms with E-state index in [-0.39, 0.29) is 5.91 Å². The van der Waals surface area contributed by atoms with Crippen molar-refractivity contribution in [1.82, 2.24) is 5.32 Å². The average Bonchev–Trinajstić information content (AvgIpc) is 2.42. The zero-order valence-corrected chi connectivity index (χ0v) is 12.7. The van der Waals surface area contributed by atoms with Gasteiger partial charge in [-0.15, -0.1) is 0 Å². The van der Waals surface area contributed by atoms with Gasteiger partial charge in [-0.3, -0.25) is 4.79 Å². The molecule has 1 unspecified atom stereocenters. The first-order chi connectivity index (χ1) is 9.64. The van der Waals surface area contributed by atoms with Gasteiger partial charge in [-0.25, -0.2) is 0 Å². The highest BCUT2D eigenvalue weighted by molar-refractivity contribution is 7.80. The Kier molecular flexibility index (Phi) is 5.74. The summed E-state index contributed by atoms with van der Waals surface area (Å²) < 4.78 is 10.7. The molecular formula is C14H24N2O3S. The summed E-state index contributed by atoms with van der Waals surface area (Å²) in [4.78, 5) is 12.7. The van der Waals surface area contributed by atoms with Crippen molar-refractivity contribution in [2.24, 2.45) is 5.73 Å². The minimum absolute atomic E-state index is 0.155. The highest BCUT2D eigenvalue weighted by Gasteiger charge is 2.37. The van der Waals surface area contributed by atoms with Crippen LogP contribution in [0.2, 0.25) is 0 Å². The zero-order chi connectivity index (χ0) is 14.4. The molecule has 1 aliphatic carbocycles. The van der Waals surface area contributed by atoms with Crippen LogP contribution in [0.5, 0.6) is 0 Å². The summed E-state index contributed by atoms with van der Waals surface area (Å²) in [6.45, 7) is 1.31. The molecule has 1 saturated carbocycles. The molecule has 3 N–H and O–H groups in total. The number of rotatable bonds is 3. The molecule has 1 atom stereocenters. The molecule has 1 aliphatic heterocycles. The van der Waals surface area contributed by atoms with E-state index in [1.807, 2.05) is 0 Å². The predicted octanol–water partition coefficient (Wildman–Crippen LogP) is 1.29. The van der Waals surface area contributed by atoms with Gasteiger partial charge in [0.25, 0.3) is 5.91 Å². The van der Waals surface area contributed by atoms with E-state index in [0.29, 0.717) is 24.8 Å². The molecule has 1 saturated heterocycles. The number of thiocarbonyl (C=S) groups is 1. The van der Waals surface area contributed by atoms with Crippen LogP contribution in [0.3, 0.4) is 0 Å². The maximum absolute atomic E-state index is 12.3. The third kappa shape index (κ3) is 3.90. The van der Waals surface area contributed by atoms with Crippen LogP contribution >= 0.6 is 12.2 Å². The van der Waals surface area contributed by atoms with Crippen LogP contribution in [0.4, 0.5) is 0 Å². The summed E-state index contributed by atoms with van der Waals surface area (Å²) in [7, 11) is 0. The number of hydrogen-bond donors (Lipinski definition) is 2. The average molecular weight is 300 g/mol. The van der Waals surface area contributed by atoms with Gasteiger partial charge >= 0.3 is 0 Å². The molecular weight excluding hydrogens is 276 g/mol. The Bertz CT molecular complexity index is 348. The number of carbonyl (C=O) groups excluding carboxylic acids is 1. The van der Waals surface area contributed by atoms with E-state index in [1.165, 1.54) is 19.3 Å². The molecule has 6 heteroatoms. The van der Waals surface area contributed by atoms with Gasteiger partial charge in [-0.1, -0.05) is 44.3 Å². The van der Waals surface area contributed by atoms with E-state index in [0.717, 1.165) is 25.7 Å². The van der Waals surface area contributed by atoms with Gasteiger partial charge in [-0.05, 0) is 12.8 Å². The first-order valence-corrected chi connectivity index (χ1v) is 7.86. The van der Waals surface area contributed by atoms with Crippen LogP contribution in [-0.2, 0) is 14.3 Å². The van der Waals surface area contributed by atoms with Crippen molar-refractivity contribution in [2.75, 3.05) is 19.8 Å². The van der Waals surface area contributed by atoms with Crippen LogP contribution in [0.25, 0.3) is 0 Å². The van der Waals surface area contributed by atoms with Crippen LogP contribution < -0.4 is 11.1 Å². The lowest BCUT2D eigenvalue weighted by molar-refractivity contribution is -0.148. The van der Waals surface area contributed by atoms with E-state index in [4.69, 9.17) is 27.4 Å². The summed E-state index contributed by atoms with van der Waals surface area (Å²) in [6, 6.07) is 0. The smallest absolute Gasteiger partial charge is 0.252 e. The van der Waals surface area contributed by atoms with E-state index in [1.54, 1.807) is 0 Å². The van der Waals surface area contributed by atoms with Crippen LogP contribution in [0.1, 0.15) is 44.9 Å². The van der Waals surface area contributed by atoms with Gasteiger partial charge in [0.05, 0.1) is 30.3 Å². The van der Waals surface area contributed by atoms with E-state index in [2.05, 4.69) is 5.32 Å². The molecule has 0 aromatic heterocycles. The third-order valence-electron chi connectivity index (χ3n) is 4.15. The second kappa shape index (κ2) is 7.33. The molecule has 5 nitrogen and oxygen atoms in total. The highest BCUT2D eigenvalue weighted by Crippen LogP contribution is 2.27. The van der Waals surface area contributed by atoms with Crippen molar-refractivity contribution in [3.63, 3.8) is 0 Å². The summed E-state index contributed by atoms with van der Waals surface area (Å²) in [6.07, 6.45) is 6.77. The number of hydrogen-bond acceptors (Lipinski definition) is 4. The molecule has 0 bridgehead atoms. The maximum Gasteiger partial charge on any atom is 0.252 e. The number of carbonyl (C=O) groups is 1. The van der Waals surface area contributed by atoms with Crippen LogP contribution in [0, 0.1) is 0 Å². The molecule has 2 fully saturated rings. The first-order valence-electron chi connectivity index (χ1n) is 7.45. The van der Waals surface area contributed by atoms with Gasteiger partial charge < -0.3 is 20.5 Å². The van der Waals surface area contributed by atoms with Crippen LogP contribution in [0.15, 0.2) is 0 Å². The first kappa shape index (κ1) is 15.7. The number of nitrogens with two attached hydrogens (primary N) is 1. The number of amides is 1.